The first kappa shape index (κ1) is 13.4. The van der Waals surface area contributed by atoms with Crippen molar-refractivity contribution in [1.82, 2.24) is 15.1 Å². The van der Waals surface area contributed by atoms with Crippen molar-refractivity contribution in [3.8, 4) is 0 Å². The highest BCUT2D eigenvalue weighted by Gasteiger charge is 2.02. The van der Waals surface area contributed by atoms with Crippen LogP contribution in [-0.4, -0.2) is 32.5 Å². The van der Waals surface area contributed by atoms with Gasteiger partial charge in [-0.2, -0.15) is 5.10 Å². The molecule has 1 unspecified atom stereocenters. The summed E-state index contributed by atoms with van der Waals surface area (Å²) in [5.41, 5.74) is 2.34. The molecule has 0 aliphatic carbocycles. The fraction of sp³-hybridized carbons (Fsp3) is 0.727. The van der Waals surface area contributed by atoms with Gasteiger partial charge in [0.15, 0.2) is 0 Å². The Morgan fingerprint density at radius 3 is 2.88 bits per heavy atom. The third-order valence-corrected chi connectivity index (χ3v) is 3.34. The zero-order valence-electron chi connectivity index (χ0n) is 10.3. The first-order valence-corrected chi connectivity index (χ1v) is 7.38. The van der Waals surface area contributed by atoms with Crippen LogP contribution in [0.15, 0.2) is 6.07 Å². The summed E-state index contributed by atoms with van der Waals surface area (Å²) in [6.45, 7) is 3.85. The molecule has 5 heteroatoms. The van der Waals surface area contributed by atoms with Crippen LogP contribution in [0.2, 0.25) is 0 Å². The van der Waals surface area contributed by atoms with Gasteiger partial charge in [-0.25, -0.2) is 0 Å². The van der Waals surface area contributed by atoms with Crippen molar-refractivity contribution >= 4 is 10.8 Å². The van der Waals surface area contributed by atoms with Gasteiger partial charge in [0.05, 0.1) is 11.4 Å². The van der Waals surface area contributed by atoms with Crippen LogP contribution in [0.5, 0.6) is 0 Å². The average Bonchev–Trinajstić information content (AvgIpc) is 2.59. The SMILES string of the molecule is CCc1cc(CNCCCS(C)=O)n(C)n1. The maximum Gasteiger partial charge on any atom is 0.0625 e. The third kappa shape index (κ3) is 4.45. The Hall–Kier alpha value is -0.680. The number of hydrogen-bond donors (Lipinski definition) is 1. The standard InChI is InChI=1S/C11H21N3OS/c1-4-10-8-11(14(2)13-10)9-12-6-5-7-16(3)15/h8,12H,4-7,9H2,1-3H3. The molecule has 0 spiro atoms. The lowest BCUT2D eigenvalue weighted by Gasteiger charge is -2.03. The molecule has 0 aliphatic rings. The topological polar surface area (TPSA) is 46.9 Å². The summed E-state index contributed by atoms with van der Waals surface area (Å²) in [5.74, 6) is 0.776. The van der Waals surface area contributed by atoms with Gasteiger partial charge in [-0.15, -0.1) is 0 Å². The largest absolute Gasteiger partial charge is 0.311 e. The number of hydrogen-bond acceptors (Lipinski definition) is 3. The van der Waals surface area contributed by atoms with Crippen LogP contribution in [0.4, 0.5) is 0 Å². The summed E-state index contributed by atoms with van der Waals surface area (Å²) in [6, 6.07) is 2.13. The summed E-state index contributed by atoms with van der Waals surface area (Å²) in [7, 11) is 1.30. The number of nitrogens with one attached hydrogen (secondary N) is 1. The summed E-state index contributed by atoms with van der Waals surface area (Å²) in [5, 5.41) is 7.72. The molecule has 0 aliphatic heterocycles. The minimum Gasteiger partial charge on any atom is -0.311 e. The van der Waals surface area contributed by atoms with E-state index in [9.17, 15) is 4.21 Å². The van der Waals surface area contributed by atoms with E-state index >= 15 is 0 Å². The van der Waals surface area contributed by atoms with Crippen LogP contribution in [0, 0.1) is 0 Å². The fourth-order valence-electron chi connectivity index (χ4n) is 1.53. The Labute approximate surface area is 99.9 Å². The van der Waals surface area contributed by atoms with Gasteiger partial charge in [0.25, 0.3) is 0 Å². The second-order valence-corrected chi connectivity index (χ2v) is 5.47. The molecule has 0 radical (unpaired) electrons. The number of aryl methyl sites for hydroxylation is 2. The molecule has 1 atom stereocenters. The van der Waals surface area contributed by atoms with Crippen molar-refractivity contribution < 1.29 is 4.21 Å². The summed E-state index contributed by atoms with van der Waals surface area (Å²) < 4.78 is 12.8. The van der Waals surface area contributed by atoms with Crippen molar-refractivity contribution in [1.29, 1.82) is 0 Å². The van der Waals surface area contributed by atoms with Crippen molar-refractivity contribution in [2.45, 2.75) is 26.3 Å². The second-order valence-electron chi connectivity index (χ2n) is 3.91. The predicted octanol–water partition coefficient (Wildman–Crippen LogP) is 0.841. The van der Waals surface area contributed by atoms with Crippen molar-refractivity contribution in [2.75, 3.05) is 18.6 Å². The second kappa shape index (κ2) is 6.81. The van der Waals surface area contributed by atoms with Gasteiger partial charge in [0.1, 0.15) is 0 Å². The third-order valence-electron chi connectivity index (χ3n) is 2.48. The molecule has 1 rings (SSSR count). The number of nitrogens with zero attached hydrogens (tertiary/aromatic N) is 2. The van der Waals surface area contributed by atoms with E-state index in [1.54, 1.807) is 6.26 Å². The van der Waals surface area contributed by atoms with E-state index in [0.717, 1.165) is 37.4 Å². The Kier molecular flexibility index (Phi) is 5.69. The molecule has 1 aromatic heterocycles. The van der Waals surface area contributed by atoms with Crippen molar-refractivity contribution in [3.63, 3.8) is 0 Å². The van der Waals surface area contributed by atoms with Crippen LogP contribution in [0.25, 0.3) is 0 Å². The van der Waals surface area contributed by atoms with Crippen molar-refractivity contribution in [2.24, 2.45) is 7.05 Å². The molecule has 0 amide bonds. The maximum absolute atomic E-state index is 10.8. The lowest BCUT2D eigenvalue weighted by Crippen LogP contribution is -2.18. The predicted molar refractivity (Wildman–Crippen MR) is 67.8 cm³/mol. The highest BCUT2D eigenvalue weighted by Crippen LogP contribution is 2.03. The number of rotatable bonds is 7. The first-order valence-electron chi connectivity index (χ1n) is 5.66. The molecule has 0 saturated carbocycles. The van der Waals surface area contributed by atoms with E-state index in [4.69, 9.17) is 0 Å². The summed E-state index contributed by atoms with van der Waals surface area (Å²) >= 11 is 0. The van der Waals surface area contributed by atoms with Gasteiger partial charge in [-0.05, 0) is 25.5 Å². The molecule has 0 fully saturated rings. The Morgan fingerprint density at radius 1 is 1.56 bits per heavy atom. The lowest BCUT2D eigenvalue weighted by molar-refractivity contribution is 0.616. The minimum atomic E-state index is -0.673. The summed E-state index contributed by atoms with van der Waals surface area (Å²) in [6.07, 6.45) is 3.68. The molecule has 0 aromatic carbocycles. The van der Waals surface area contributed by atoms with Gasteiger partial charge in [0.2, 0.25) is 0 Å². The van der Waals surface area contributed by atoms with Gasteiger partial charge >= 0.3 is 0 Å². The van der Waals surface area contributed by atoms with E-state index in [-0.39, 0.29) is 0 Å². The molecule has 4 nitrogen and oxygen atoms in total. The summed E-state index contributed by atoms with van der Waals surface area (Å²) in [4.78, 5) is 0. The van der Waals surface area contributed by atoms with E-state index in [2.05, 4.69) is 23.4 Å². The molecule has 92 valence electrons. The van der Waals surface area contributed by atoms with Gasteiger partial charge in [0, 0.05) is 36.4 Å². The Bertz CT molecular complexity index is 349. The quantitative estimate of drug-likeness (QED) is 0.722. The average molecular weight is 243 g/mol. The number of aromatic nitrogens is 2. The minimum absolute atomic E-state index is 0.673. The zero-order chi connectivity index (χ0) is 12.0. The zero-order valence-corrected chi connectivity index (χ0v) is 11.1. The molecule has 1 heterocycles. The highest BCUT2D eigenvalue weighted by atomic mass is 32.2. The van der Waals surface area contributed by atoms with Crippen LogP contribution < -0.4 is 5.32 Å². The van der Waals surface area contributed by atoms with E-state index in [0.29, 0.717) is 0 Å². The molecule has 1 aromatic rings. The smallest absolute Gasteiger partial charge is 0.0625 e. The molecular weight excluding hydrogens is 222 g/mol. The van der Waals surface area contributed by atoms with Crippen LogP contribution >= 0.6 is 0 Å². The van der Waals surface area contributed by atoms with Gasteiger partial charge in [-0.3, -0.25) is 8.89 Å². The molecule has 0 bridgehead atoms. The highest BCUT2D eigenvalue weighted by molar-refractivity contribution is 7.84. The molecule has 0 saturated heterocycles. The van der Waals surface area contributed by atoms with E-state index < -0.39 is 10.8 Å². The van der Waals surface area contributed by atoms with Crippen LogP contribution in [0.3, 0.4) is 0 Å². The Morgan fingerprint density at radius 2 is 2.31 bits per heavy atom. The van der Waals surface area contributed by atoms with E-state index in [1.165, 1.54) is 5.69 Å². The van der Waals surface area contributed by atoms with Crippen molar-refractivity contribution in [3.05, 3.63) is 17.5 Å². The fourth-order valence-corrected chi connectivity index (χ4v) is 2.08. The van der Waals surface area contributed by atoms with Crippen LogP contribution in [-0.2, 0) is 30.8 Å². The van der Waals surface area contributed by atoms with Gasteiger partial charge in [-0.1, -0.05) is 6.92 Å². The molecule has 16 heavy (non-hydrogen) atoms. The van der Waals surface area contributed by atoms with Crippen LogP contribution in [0.1, 0.15) is 24.7 Å². The Balaban J connectivity index is 2.26. The maximum atomic E-state index is 10.8. The molecular formula is C11H21N3OS. The lowest BCUT2D eigenvalue weighted by atomic mass is 10.3. The first-order chi connectivity index (χ1) is 7.63. The van der Waals surface area contributed by atoms with E-state index in [1.807, 2.05) is 11.7 Å². The normalized spacial score (nSPS) is 12.9. The molecule has 1 N–H and O–H groups in total. The monoisotopic (exact) mass is 243 g/mol. The van der Waals surface area contributed by atoms with Gasteiger partial charge < -0.3 is 5.32 Å².